The molecule has 1 saturated heterocycles. The molecule has 0 saturated carbocycles. The highest BCUT2D eigenvalue weighted by molar-refractivity contribution is 7.09. The van der Waals surface area contributed by atoms with Crippen LogP contribution in [0.2, 0.25) is 0 Å². The molecule has 2 heterocycles. The van der Waals surface area contributed by atoms with E-state index in [-0.39, 0.29) is 0 Å². The van der Waals surface area contributed by atoms with E-state index < -0.39 is 0 Å². The summed E-state index contributed by atoms with van der Waals surface area (Å²) in [5.41, 5.74) is 5.55. The number of nitrogens with two attached hydrogens (primary N) is 1. The van der Waals surface area contributed by atoms with Crippen LogP contribution in [-0.4, -0.2) is 55.6 Å². The van der Waals surface area contributed by atoms with Gasteiger partial charge in [-0.05, 0) is 50.3 Å². The van der Waals surface area contributed by atoms with Crippen molar-refractivity contribution in [3.05, 3.63) is 22.4 Å². The number of hydrogen-bond acceptors (Lipinski definition) is 4. The van der Waals surface area contributed by atoms with E-state index in [2.05, 4.69) is 27.3 Å². The predicted molar refractivity (Wildman–Crippen MR) is 79.2 cm³/mol. The van der Waals surface area contributed by atoms with Gasteiger partial charge in [-0.3, -0.25) is 0 Å². The van der Waals surface area contributed by atoms with Gasteiger partial charge in [0.2, 0.25) is 0 Å². The molecule has 1 aromatic rings. The fourth-order valence-corrected chi connectivity index (χ4v) is 3.23. The van der Waals surface area contributed by atoms with Crippen LogP contribution in [0.1, 0.15) is 17.7 Å². The maximum absolute atomic E-state index is 5.55. The Morgan fingerprint density at radius 2 is 1.72 bits per heavy atom. The summed E-state index contributed by atoms with van der Waals surface area (Å²) < 4.78 is 0. The second kappa shape index (κ2) is 7.89. The Morgan fingerprint density at radius 3 is 2.28 bits per heavy atom. The van der Waals surface area contributed by atoms with Crippen LogP contribution in [0.3, 0.4) is 0 Å². The lowest BCUT2D eigenvalue weighted by atomic mass is 10.2. The molecule has 4 heteroatoms. The zero-order chi connectivity index (χ0) is 12.6. The normalized spacial score (nSPS) is 18.3. The van der Waals surface area contributed by atoms with E-state index in [9.17, 15) is 0 Å². The fourth-order valence-electron chi connectivity index (χ4n) is 2.48. The standard InChI is InChI=1S/C14H25N3S/c15-6-3-8-17-11-9-16(10-12-17)7-1-4-14-5-2-13-18-14/h2,5,13H,1,3-4,6-12,15H2. The third kappa shape index (κ3) is 4.69. The third-order valence-corrected chi connectivity index (χ3v) is 4.56. The van der Waals surface area contributed by atoms with Gasteiger partial charge in [-0.15, -0.1) is 11.3 Å². The van der Waals surface area contributed by atoms with Gasteiger partial charge in [-0.2, -0.15) is 0 Å². The quantitative estimate of drug-likeness (QED) is 0.815. The van der Waals surface area contributed by atoms with Crippen molar-refractivity contribution in [2.24, 2.45) is 5.73 Å². The summed E-state index contributed by atoms with van der Waals surface area (Å²) in [5, 5.41) is 2.17. The van der Waals surface area contributed by atoms with Crippen molar-refractivity contribution in [3.63, 3.8) is 0 Å². The zero-order valence-electron chi connectivity index (χ0n) is 11.2. The first-order chi connectivity index (χ1) is 8.88. The van der Waals surface area contributed by atoms with Gasteiger partial charge in [0.25, 0.3) is 0 Å². The second-order valence-electron chi connectivity index (χ2n) is 5.01. The monoisotopic (exact) mass is 267 g/mol. The molecule has 1 fully saturated rings. The van der Waals surface area contributed by atoms with Crippen LogP contribution in [0.25, 0.3) is 0 Å². The molecule has 2 rings (SSSR count). The first kappa shape index (κ1) is 14.0. The summed E-state index contributed by atoms with van der Waals surface area (Å²) in [6, 6.07) is 4.39. The molecule has 2 N–H and O–H groups in total. The predicted octanol–water partition coefficient (Wildman–Crippen LogP) is 1.65. The van der Waals surface area contributed by atoms with Gasteiger partial charge < -0.3 is 15.5 Å². The van der Waals surface area contributed by atoms with Crippen LogP contribution in [0.5, 0.6) is 0 Å². The molecule has 0 amide bonds. The van der Waals surface area contributed by atoms with E-state index in [0.717, 1.165) is 13.0 Å². The van der Waals surface area contributed by atoms with Crippen LogP contribution in [-0.2, 0) is 6.42 Å². The van der Waals surface area contributed by atoms with Crippen molar-refractivity contribution < 1.29 is 0 Å². The molecule has 0 spiro atoms. The summed E-state index contributed by atoms with van der Waals surface area (Å²) in [6.07, 6.45) is 3.67. The van der Waals surface area contributed by atoms with Crippen molar-refractivity contribution in [2.75, 3.05) is 45.8 Å². The lowest BCUT2D eigenvalue weighted by Gasteiger charge is -2.34. The largest absolute Gasteiger partial charge is 0.330 e. The molecule has 0 aromatic carbocycles. The molecular weight excluding hydrogens is 242 g/mol. The van der Waals surface area contributed by atoms with E-state index in [0.29, 0.717) is 0 Å². The number of piperazine rings is 1. The minimum atomic E-state index is 0.820. The van der Waals surface area contributed by atoms with Crippen LogP contribution >= 0.6 is 11.3 Å². The highest BCUT2D eigenvalue weighted by Crippen LogP contribution is 2.11. The van der Waals surface area contributed by atoms with Gasteiger partial charge in [0.05, 0.1) is 0 Å². The van der Waals surface area contributed by atoms with Crippen LogP contribution in [0, 0.1) is 0 Å². The number of hydrogen-bond donors (Lipinski definition) is 1. The average Bonchev–Trinajstić information content (AvgIpc) is 2.91. The fraction of sp³-hybridized carbons (Fsp3) is 0.714. The molecule has 18 heavy (non-hydrogen) atoms. The lowest BCUT2D eigenvalue weighted by Crippen LogP contribution is -2.47. The maximum Gasteiger partial charge on any atom is 0.0110 e. The van der Waals surface area contributed by atoms with Crippen molar-refractivity contribution >= 4 is 11.3 Å². The summed E-state index contributed by atoms with van der Waals surface area (Å²) >= 11 is 1.88. The minimum Gasteiger partial charge on any atom is -0.330 e. The smallest absolute Gasteiger partial charge is 0.0110 e. The van der Waals surface area contributed by atoms with E-state index in [1.54, 1.807) is 0 Å². The Labute approximate surface area is 115 Å². The molecule has 1 aromatic heterocycles. The summed E-state index contributed by atoms with van der Waals surface area (Å²) in [6.45, 7) is 8.16. The lowest BCUT2D eigenvalue weighted by molar-refractivity contribution is 0.131. The first-order valence-corrected chi connectivity index (χ1v) is 7.93. The summed E-state index contributed by atoms with van der Waals surface area (Å²) in [7, 11) is 0. The third-order valence-electron chi connectivity index (χ3n) is 3.62. The zero-order valence-corrected chi connectivity index (χ0v) is 12.0. The Hall–Kier alpha value is -0.420. The van der Waals surface area contributed by atoms with E-state index in [4.69, 9.17) is 5.73 Å². The molecular formula is C14H25N3S. The van der Waals surface area contributed by atoms with Crippen LogP contribution in [0.15, 0.2) is 17.5 Å². The van der Waals surface area contributed by atoms with Gasteiger partial charge in [-0.25, -0.2) is 0 Å². The van der Waals surface area contributed by atoms with Crippen molar-refractivity contribution in [3.8, 4) is 0 Å². The number of thiophene rings is 1. The molecule has 102 valence electrons. The Balaban J connectivity index is 1.56. The number of aryl methyl sites for hydroxylation is 1. The molecule has 0 bridgehead atoms. The average molecular weight is 267 g/mol. The second-order valence-corrected chi connectivity index (χ2v) is 6.04. The Bertz CT molecular complexity index is 305. The number of nitrogens with zero attached hydrogens (tertiary/aromatic N) is 2. The topological polar surface area (TPSA) is 32.5 Å². The Kier molecular flexibility index (Phi) is 6.14. The van der Waals surface area contributed by atoms with E-state index in [1.165, 1.54) is 57.0 Å². The summed E-state index contributed by atoms with van der Waals surface area (Å²) in [4.78, 5) is 6.67. The van der Waals surface area contributed by atoms with Gasteiger partial charge >= 0.3 is 0 Å². The SMILES string of the molecule is NCCCN1CCN(CCCc2cccs2)CC1. The summed E-state index contributed by atoms with van der Waals surface area (Å²) in [5.74, 6) is 0. The molecule has 3 nitrogen and oxygen atoms in total. The van der Waals surface area contributed by atoms with Crippen molar-refractivity contribution in [2.45, 2.75) is 19.3 Å². The maximum atomic E-state index is 5.55. The highest BCUT2D eigenvalue weighted by atomic mass is 32.1. The van der Waals surface area contributed by atoms with Gasteiger partial charge in [-0.1, -0.05) is 6.07 Å². The minimum absolute atomic E-state index is 0.820. The Morgan fingerprint density at radius 1 is 1.06 bits per heavy atom. The molecule has 1 aliphatic rings. The van der Waals surface area contributed by atoms with E-state index in [1.807, 2.05) is 11.3 Å². The van der Waals surface area contributed by atoms with Crippen molar-refractivity contribution in [1.29, 1.82) is 0 Å². The van der Waals surface area contributed by atoms with E-state index >= 15 is 0 Å². The molecule has 0 aliphatic carbocycles. The van der Waals surface area contributed by atoms with Gasteiger partial charge in [0, 0.05) is 31.1 Å². The molecule has 0 atom stereocenters. The van der Waals surface area contributed by atoms with Crippen molar-refractivity contribution in [1.82, 2.24) is 9.80 Å². The molecule has 1 aliphatic heterocycles. The first-order valence-electron chi connectivity index (χ1n) is 7.05. The molecule has 0 unspecified atom stereocenters. The highest BCUT2D eigenvalue weighted by Gasteiger charge is 2.15. The van der Waals surface area contributed by atoms with Gasteiger partial charge in [0.1, 0.15) is 0 Å². The van der Waals surface area contributed by atoms with Gasteiger partial charge in [0.15, 0.2) is 0 Å². The van der Waals surface area contributed by atoms with Crippen LogP contribution in [0.4, 0.5) is 0 Å². The number of rotatable bonds is 7. The van der Waals surface area contributed by atoms with Crippen LogP contribution < -0.4 is 5.73 Å². The molecule has 0 radical (unpaired) electrons.